The predicted octanol–water partition coefficient (Wildman–Crippen LogP) is 2.37. The number of hydrogen-bond acceptors (Lipinski definition) is 3. The normalized spacial score (nSPS) is 10.7. The third-order valence-corrected chi connectivity index (χ3v) is 3.93. The van der Waals surface area contributed by atoms with Gasteiger partial charge in [-0.3, -0.25) is 14.6 Å². The van der Waals surface area contributed by atoms with Gasteiger partial charge in [0, 0.05) is 52.4 Å². The summed E-state index contributed by atoms with van der Waals surface area (Å²) >= 11 is 0. The Morgan fingerprint density at radius 2 is 1.78 bits per heavy atom. The van der Waals surface area contributed by atoms with Gasteiger partial charge in [0.15, 0.2) is 0 Å². The van der Waals surface area contributed by atoms with E-state index in [0.29, 0.717) is 25.4 Å². The zero-order chi connectivity index (χ0) is 17.2. The van der Waals surface area contributed by atoms with Crippen LogP contribution >= 0.6 is 0 Å². The van der Waals surface area contributed by atoms with Gasteiger partial charge in [0.05, 0.1) is 0 Å². The van der Waals surface area contributed by atoms with Crippen LogP contribution in [-0.2, 0) is 16.0 Å². The molecular weight excluding hydrogens is 290 g/mol. The lowest BCUT2D eigenvalue weighted by Gasteiger charge is -2.23. The fourth-order valence-corrected chi connectivity index (χ4v) is 2.23. The van der Waals surface area contributed by atoms with E-state index in [9.17, 15) is 9.59 Å². The number of likely N-dealkylation sites (N-methyl/N-ethyl adjacent to an activating group) is 1. The smallest absolute Gasteiger partial charge is 0.224 e. The molecule has 128 valence electrons. The summed E-state index contributed by atoms with van der Waals surface area (Å²) in [5, 5.41) is 0. The third kappa shape index (κ3) is 7.77. The van der Waals surface area contributed by atoms with Gasteiger partial charge in [-0.05, 0) is 36.5 Å². The van der Waals surface area contributed by atoms with Crippen molar-refractivity contribution < 1.29 is 9.59 Å². The SMILES string of the molecule is CC(=O)N(CCC(=O)N(C)CCc1ccncc1)CCC(C)C. The molecular formula is C18H29N3O2. The molecule has 0 aliphatic rings. The van der Waals surface area contributed by atoms with Gasteiger partial charge in [0.2, 0.25) is 11.8 Å². The van der Waals surface area contributed by atoms with E-state index < -0.39 is 0 Å². The zero-order valence-corrected chi connectivity index (χ0v) is 14.8. The van der Waals surface area contributed by atoms with Crippen LogP contribution in [0, 0.1) is 5.92 Å². The lowest BCUT2D eigenvalue weighted by Crippen LogP contribution is -2.36. The van der Waals surface area contributed by atoms with Crippen LogP contribution in [0.5, 0.6) is 0 Å². The Morgan fingerprint density at radius 1 is 1.13 bits per heavy atom. The first-order valence-electron chi connectivity index (χ1n) is 8.28. The van der Waals surface area contributed by atoms with Gasteiger partial charge < -0.3 is 9.80 Å². The van der Waals surface area contributed by atoms with E-state index in [1.807, 2.05) is 19.2 Å². The molecule has 0 aliphatic heterocycles. The lowest BCUT2D eigenvalue weighted by atomic mass is 10.1. The van der Waals surface area contributed by atoms with Crippen LogP contribution < -0.4 is 0 Å². The van der Waals surface area contributed by atoms with E-state index in [4.69, 9.17) is 0 Å². The summed E-state index contributed by atoms with van der Waals surface area (Å²) in [6.07, 6.45) is 5.68. The van der Waals surface area contributed by atoms with Crippen LogP contribution in [0.25, 0.3) is 0 Å². The van der Waals surface area contributed by atoms with Crippen LogP contribution in [0.2, 0.25) is 0 Å². The molecule has 1 aromatic rings. The minimum absolute atomic E-state index is 0.0397. The van der Waals surface area contributed by atoms with Crippen molar-refractivity contribution in [2.24, 2.45) is 5.92 Å². The molecule has 2 amide bonds. The van der Waals surface area contributed by atoms with Crippen LogP contribution in [-0.4, -0.2) is 53.3 Å². The Balaban J connectivity index is 2.36. The number of carbonyl (C=O) groups is 2. The Bertz CT molecular complexity index is 488. The van der Waals surface area contributed by atoms with Crippen LogP contribution in [0.3, 0.4) is 0 Å². The van der Waals surface area contributed by atoms with Crippen molar-refractivity contribution in [1.82, 2.24) is 14.8 Å². The molecule has 23 heavy (non-hydrogen) atoms. The monoisotopic (exact) mass is 319 g/mol. The van der Waals surface area contributed by atoms with Gasteiger partial charge >= 0.3 is 0 Å². The summed E-state index contributed by atoms with van der Waals surface area (Å²) in [5.74, 6) is 0.670. The molecule has 1 heterocycles. The van der Waals surface area contributed by atoms with Gasteiger partial charge in [-0.15, -0.1) is 0 Å². The third-order valence-electron chi connectivity index (χ3n) is 3.93. The molecule has 0 aliphatic carbocycles. The molecule has 0 unspecified atom stereocenters. The first-order valence-corrected chi connectivity index (χ1v) is 8.28. The van der Waals surface area contributed by atoms with E-state index in [1.54, 1.807) is 29.1 Å². The fraction of sp³-hybridized carbons (Fsp3) is 0.611. The van der Waals surface area contributed by atoms with E-state index >= 15 is 0 Å². The second-order valence-electron chi connectivity index (χ2n) is 6.36. The molecule has 5 heteroatoms. The molecule has 0 fully saturated rings. The highest BCUT2D eigenvalue weighted by molar-refractivity contribution is 5.78. The van der Waals surface area contributed by atoms with Gasteiger partial charge in [0.25, 0.3) is 0 Å². The summed E-state index contributed by atoms with van der Waals surface area (Å²) in [4.78, 5) is 31.3. The molecule has 0 aromatic carbocycles. The predicted molar refractivity (Wildman–Crippen MR) is 91.9 cm³/mol. The Hall–Kier alpha value is -1.91. The molecule has 0 bridgehead atoms. The van der Waals surface area contributed by atoms with Crippen molar-refractivity contribution in [3.8, 4) is 0 Å². The van der Waals surface area contributed by atoms with Crippen LogP contribution in [0.4, 0.5) is 0 Å². The number of hydrogen-bond donors (Lipinski definition) is 0. The van der Waals surface area contributed by atoms with Gasteiger partial charge in [-0.1, -0.05) is 13.8 Å². The van der Waals surface area contributed by atoms with E-state index in [2.05, 4.69) is 18.8 Å². The first-order chi connectivity index (χ1) is 10.9. The minimum Gasteiger partial charge on any atom is -0.345 e. The largest absolute Gasteiger partial charge is 0.345 e. The highest BCUT2D eigenvalue weighted by Crippen LogP contribution is 2.05. The van der Waals surface area contributed by atoms with Crippen molar-refractivity contribution in [3.05, 3.63) is 30.1 Å². The molecule has 1 rings (SSSR count). The van der Waals surface area contributed by atoms with Crippen LogP contribution in [0.1, 0.15) is 39.2 Å². The average molecular weight is 319 g/mol. The maximum atomic E-state index is 12.2. The van der Waals surface area contributed by atoms with Gasteiger partial charge in [0.1, 0.15) is 0 Å². The second-order valence-corrected chi connectivity index (χ2v) is 6.36. The molecule has 0 saturated carbocycles. The van der Waals surface area contributed by atoms with E-state index in [0.717, 1.165) is 19.4 Å². The Kier molecular flexibility index (Phi) is 8.30. The van der Waals surface area contributed by atoms with Crippen molar-refractivity contribution in [2.45, 2.75) is 40.0 Å². The number of carbonyl (C=O) groups excluding carboxylic acids is 2. The Morgan fingerprint density at radius 3 is 2.35 bits per heavy atom. The van der Waals surface area contributed by atoms with E-state index in [-0.39, 0.29) is 11.8 Å². The summed E-state index contributed by atoms with van der Waals surface area (Å²) in [5.41, 5.74) is 1.17. The zero-order valence-electron chi connectivity index (χ0n) is 14.8. The summed E-state index contributed by atoms with van der Waals surface area (Å²) in [7, 11) is 1.82. The number of pyridine rings is 1. The van der Waals surface area contributed by atoms with Gasteiger partial charge in [-0.2, -0.15) is 0 Å². The maximum absolute atomic E-state index is 12.2. The molecule has 0 N–H and O–H groups in total. The highest BCUT2D eigenvalue weighted by atomic mass is 16.2. The highest BCUT2D eigenvalue weighted by Gasteiger charge is 2.14. The van der Waals surface area contributed by atoms with Crippen molar-refractivity contribution in [3.63, 3.8) is 0 Å². The number of nitrogens with zero attached hydrogens (tertiary/aromatic N) is 3. The lowest BCUT2D eigenvalue weighted by molar-refractivity contribution is -0.132. The van der Waals surface area contributed by atoms with Gasteiger partial charge in [-0.25, -0.2) is 0 Å². The van der Waals surface area contributed by atoms with Crippen molar-refractivity contribution in [1.29, 1.82) is 0 Å². The quantitative estimate of drug-likeness (QED) is 0.702. The Labute approximate surface area is 139 Å². The summed E-state index contributed by atoms with van der Waals surface area (Å²) in [6.45, 7) is 7.74. The number of rotatable bonds is 9. The van der Waals surface area contributed by atoms with Crippen LogP contribution in [0.15, 0.2) is 24.5 Å². The fourth-order valence-electron chi connectivity index (χ4n) is 2.23. The first kappa shape index (κ1) is 19.1. The summed E-state index contributed by atoms with van der Waals surface area (Å²) < 4.78 is 0. The number of amides is 2. The topological polar surface area (TPSA) is 53.5 Å². The van der Waals surface area contributed by atoms with Crippen molar-refractivity contribution >= 4 is 11.8 Å². The molecule has 0 atom stereocenters. The standard InChI is InChI=1S/C18H29N3O2/c1-15(2)7-13-21(16(3)22)14-9-18(23)20(4)12-8-17-5-10-19-11-6-17/h5-6,10-11,15H,7-9,12-14H2,1-4H3. The molecule has 5 nitrogen and oxygen atoms in total. The molecule has 0 saturated heterocycles. The maximum Gasteiger partial charge on any atom is 0.224 e. The average Bonchev–Trinajstić information content (AvgIpc) is 2.52. The summed E-state index contributed by atoms with van der Waals surface area (Å²) in [6, 6.07) is 3.92. The van der Waals surface area contributed by atoms with Crippen molar-refractivity contribution in [2.75, 3.05) is 26.7 Å². The molecule has 1 aromatic heterocycles. The molecule has 0 radical (unpaired) electrons. The second kappa shape index (κ2) is 9.98. The van der Waals surface area contributed by atoms with E-state index in [1.165, 1.54) is 5.56 Å². The molecule has 0 spiro atoms. The minimum atomic E-state index is 0.0397. The number of aromatic nitrogens is 1.